The van der Waals surface area contributed by atoms with Crippen molar-refractivity contribution in [1.29, 1.82) is 0 Å². The Morgan fingerprint density at radius 1 is 1.14 bits per heavy atom. The Morgan fingerprint density at radius 3 is 2.50 bits per heavy atom. The number of aliphatic hydroxyl groups is 1. The molecule has 0 aliphatic heterocycles. The fourth-order valence-corrected chi connectivity index (χ4v) is 2.44. The molecular weight excluding hydrogens is 274 g/mol. The van der Waals surface area contributed by atoms with E-state index in [4.69, 9.17) is 0 Å². The number of aromatic nitrogens is 2. The van der Waals surface area contributed by atoms with Gasteiger partial charge in [0.25, 0.3) is 0 Å². The van der Waals surface area contributed by atoms with Crippen LogP contribution in [0.25, 0.3) is 0 Å². The van der Waals surface area contributed by atoms with E-state index in [1.54, 1.807) is 0 Å². The summed E-state index contributed by atoms with van der Waals surface area (Å²) >= 11 is 0. The molecule has 2 N–H and O–H groups in total. The maximum absolute atomic E-state index is 9.30. The van der Waals surface area contributed by atoms with E-state index in [0.717, 1.165) is 30.3 Å². The van der Waals surface area contributed by atoms with Gasteiger partial charge in [-0.15, -0.1) is 0 Å². The van der Waals surface area contributed by atoms with Crippen LogP contribution in [0.15, 0.2) is 36.4 Å². The molecule has 0 radical (unpaired) electrons. The molecule has 0 saturated heterocycles. The fourth-order valence-electron chi connectivity index (χ4n) is 2.44. The third-order valence-electron chi connectivity index (χ3n) is 3.67. The molecule has 1 aromatic carbocycles. The van der Waals surface area contributed by atoms with Crippen LogP contribution >= 0.6 is 0 Å². The van der Waals surface area contributed by atoms with E-state index in [1.807, 2.05) is 31.2 Å². The van der Waals surface area contributed by atoms with Gasteiger partial charge >= 0.3 is 0 Å². The summed E-state index contributed by atoms with van der Waals surface area (Å²) in [6.07, 6.45) is 0.734. The van der Waals surface area contributed by atoms with Crippen LogP contribution in [-0.2, 0) is 0 Å². The zero-order chi connectivity index (χ0) is 15.9. The highest BCUT2D eigenvalue weighted by Crippen LogP contribution is 2.20. The monoisotopic (exact) mass is 299 g/mol. The summed E-state index contributed by atoms with van der Waals surface area (Å²) in [6, 6.07) is 12.2. The molecule has 1 heterocycles. The van der Waals surface area contributed by atoms with Crippen LogP contribution in [-0.4, -0.2) is 28.2 Å². The van der Waals surface area contributed by atoms with Crippen LogP contribution in [0.2, 0.25) is 0 Å². The molecular formula is C18H25N3O. The number of benzene rings is 1. The van der Waals surface area contributed by atoms with E-state index < -0.39 is 0 Å². The first-order valence-electron chi connectivity index (χ1n) is 7.85. The molecule has 1 atom stereocenters. The van der Waals surface area contributed by atoms with Gasteiger partial charge in [0, 0.05) is 36.7 Å². The number of rotatable bonds is 7. The molecule has 0 aliphatic rings. The minimum absolute atomic E-state index is 0.182. The second-order valence-electron chi connectivity index (χ2n) is 5.91. The van der Waals surface area contributed by atoms with Gasteiger partial charge in [0.1, 0.15) is 11.6 Å². The van der Waals surface area contributed by atoms with E-state index in [0.29, 0.717) is 5.92 Å². The molecule has 4 nitrogen and oxygen atoms in total. The molecule has 2 rings (SSSR count). The Bertz CT molecular complexity index is 584. The first-order valence-corrected chi connectivity index (χ1v) is 7.85. The highest BCUT2D eigenvalue weighted by molar-refractivity contribution is 5.37. The number of hydrogen-bond donors (Lipinski definition) is 2. The Kier molecular flexibility index (Phi) is 5.90. The van der Waals surface area contributed by atoms with Crippen molar-refractivity contribution in [3.63, 3.8) is 0 Å². The van der Waals surface area contributed by atoms with Crippen molar-refractivity contribution in [3.05, 3.63) is 53.5 Å². The Labute approximate surface area is 132 Å². The highest BCUT2D eigenvalue weighted by atomic mass is 16.3. The average Bonchev–Trinajstić information content (AvgIpc) is 2.51. The van der Waals surface area contributed by atoms with Crippen molar-refractivity contribution in [3.8, 4) is 0 Å². The first-order chi connectivity index (χ1) is 10.6. The molecule has 2 aromatic rings. The summed E-state index contributed by atoms with van der Waals surface area (Å²) in [7, 11) is 0. The lowest BCUT2D eigenvalue weighted by Crippen LogP contribution is -2.16. The van der Waals surface area contributed by atoms with E-state index in [1.165, 1.54) is 5.56 Å². The van der Waals surface area contributed by atoms with Gasteiger partial charge in [-0.3, -0.25) is 0 Å². The third kappa shape index (κ3) is 4.53. The van der Waals surface area contributed by atoms with E-state index in [-0.39, 0.29) is 12.5 Å². The molecule has 0 amide bonds. The second-order valence-corrected chi connectivity index (χ2v) is 5.91. The van der Waals surface area contributed by atoms with E-state index >= 15 is 0 Å². The highest BCUT2D eigenvalue weighted by Gasteiger charge is 2.12. The minimum Gasteiger partial charge on any atom is -0.396 e. The van der Waals surface area contributed by atoms with Gasteiger partial charge in [-0.2, -0.15) is 0 Å². The third-order valence-corrected chi connectivity index (χ3v) is 3.67. The topological polar surface area (TPSA) is 58.0 Å². The quantitative estimate of drug-likeness (QED) is 0.821. The molecule has 0 fully saturated rings. The summed E-state index contributed by atoms with van der Waals surface area (Å²) in [5, 5.41) is 12.7. The lowest BCUT2D eigenvalue weighted by atomic mass is 9.96. The predicted octanol–water partition coefficient (Wildman–Crippen LogP) is 3.49. The van der Waals surface area contributed by atoms with Crippen LogP contribution in [0.1, 0.15) is 49.2 Å². The number of anilines is 1. The van der Waals surface area contributed by atoms with Crippen molar-refractivity contribution in [2.45, 2.75) is 39.0 Å². The number of nitrogens with one attached hydrogen (secondary N) is 1. The number of aliphatic hydroxyl groups excluding tert-OH is 1. The number of nitrogens with zero attached hydrogens (tertiary/aromatic N) is 2. The van der Waals surface area contributed by atoms with Gasteiger partial charge in [-0.1, -0.05) is 44.2 Å². The summed E-state index contributed by atoms with van der Waals surface area (Å²) in [5.74, 6) is 2.29. The SMILES string of the molecule is Cc1cc(NCC(CCO)c2ccccc2)nc(C(C)C)n1. The summed E-state index contributed by atoms with van der Waals surface area (Å²) < 4.78 is 0. The normalized spacial score (nSPS) is 12.4. The molecule has 0 bridgehead atoms. The van der Waals surface area contributed by atoms with Crippen molar-refractivity contribution in [1.82, 2.24) is 9.97 Å². The fraction of sp³-hybridized carbons (Fsp3) is 0.444. The van der Waals surface area contributed by atoms with E-state index in [2.05, 4.69) is 41.3 Å². The maximum Gasteiger partial charge on any atom is 0.133 e. The molecule has 4 heteroatoms. The summed E-state index contributed by atoms with van der Waals surface area (Å²) in [5.41, 5.74) is 2.21. The molecule has 22 heavy (non-hydrogen) atoms. The van der Waals surface area contributed by atoms with Gasteiger partial charge < -0.3 is 10.4 Å². The Balaban J connectivity index is 2.09. The van der Waals surface area contributed by atoms with Crippen molar-refractivity contribution >= 4 is 5.82 Å². The molecule has 1 unspecified atom stereocenters. The predicted molar refractivity (Wildman–Crippen MR) is 90.2 cm³/mol. The Morgan fingerprint density at radius 2 is 1.86 bits per heavy atom. The van der Waals surface area contributed by atoms with Crippen LogP contribution in [0, 0.1) is 6.92 Å². The summed E-state index contributed by atoms with van der Waals surface area (Å²) in [4.78, 5) is 9.04. The van der Waals surface area contributed by atoms with Gasteiger partial charge in [0.15, 0.2) is 0 Å². The van der Waals surface area contributed by atoms with Crippen molar-refractivity contribution in [2.24, 2.45) is 0 Å². The van der Waals surface area contributed by atoms with Gasteiger partial charge in [-0.25, -0.2) is 9.97 Å². The lowest BCUT2D eigenvalue weighted by Gasteiger charge is -2.18. The van der Waals surface area contributed by atoms with E-state index in [9.17, 15) is 5.11 Å². The second kappa shape index (κ2) is 7.90. The molecule has 0 spiro atoms. The van der Waals surface area contributed by atoms with Crippen molar-refractivity contribution in [2.75, 3.05) is 18.5 Å². The molecule has 0 saturated carbocycles. The minimum atomic E-state index is 0.182. The smallest absolute Gasteiger partial charge is 0.133 e. The summed E-state index contributed by atoms with van der Waals surface area (Å²) in [6.45, 7) is 7.11. The number of aryl methyl sites for hydroxylation is 1. The largest absolute Gasteiger partial charge is 0.396 e. The van der Waals surface area contributed by atoms with Crippen LogP contribution < -0.4 is 5.32 Å². The maximum atomic E-state index is 9.30. The average molecular weight is 299 g/mol. The van der Waals surface area contributed by atoms with Crippen LogP contribution in [0.3, 0.4) is 0 Å². The first kappa shape index (κ1) is 16.4. The van der Waals surface area contributed by atoms with Gasteiger partial charge in [-0.05, 0) is 18.9 Å². The molecule has 0 aliphatic carbocycles. The van der Waals surface area contributed by atoms with Gasteiger partial charge in [0.05, 0.1) is 0 Å². The van der Waals surface area contributed by atoms with Crippen molar-refractivity contribution < 1.29 is 5.11 Å². The molecule has 118 valence electrons. The zero-order valence-corrected chi connectivity index (χ0v) is 13.6. The van der Waals surface area contributed by atoms with Crippen LogP contribution in [0.4, 0.5) is 5.82 Å². The lowest BCUT2D eigenvalue weighted by molar-refractivity contribution is 0.277. The number of hydrogen-bond acceptors (Lipinski definition) is 4. The Hall–Kier alpha value is -1.94. The van der Waals surface area contributed by atoms with Gasteiger partial charge in [0.2, 0.25) is 0 Å². The standard InChI is InChI=1S/C18H25N3O/c1-13(2)18-20-14(3)11-17(21-18)19-12-16(9-10-22)15-7-5-4-6-8-15/h4-8,11,13,16,22H,9-10,12H2,1-3H3,(H,19,20,21). The zero-order valence-electron chi connectivity index (χ0n) is 13.6. The van der Waals surface area contributed by atoms with Crippen LogP contribution in [0.5, 0.6) is 0 Å². The molecule has 1 aromatic heterocycles.